The summed E-state index contributed by atoms with van der Waals surface area (Å²) in [6.45, 7) is 3.29. The lowest BCUT2D eigenvalue weighted by molar-refractivity contribution is 0.355. The van der Waals surface area contributed by atoms with Crippen LogP contribution in [0.2, 0.25) is 0 Å². The number of hydrogen-bond donors (Lipinski definition) is 2. The molecule has 0 bridgehead atoms. The van der Waals surface area contributed by atoms with E-state index in [2.05, 4.69) is 22.2 Å². The summed E-state index contributed by atoms with van der Waals surface area (Å²) in [5.74, 6) is 2.21. The summed E-state index contributed by atoms with van der Waals surface area (Å²) in [6.07, 6.45) is 1.58. The lowest BCUT2D eigenvalue weighted by atomic mass is 10.0. The SMILES string of the molecule is COc1ccc(-c2c(C)sc3ncnc(NCCN)c23)cc1OC. The minimum Gasteiger partial charge on any atom is -0.493 e. The fraction of sp³-hybridized carbons (Fsp3) is 0.294. The van der Waals surface area contributed by atoms with Gasteiger partial charge in [0.2, 0.25) is 0 Å². The van der Waals surface area contributed by atoms with Crippen LogP contribution < -0.4 is 20.5 Å². The van der Waals surface area contributed by atoms with E-state index in [1.165, 1.54) is 4.88 Å². The van der Waals surface area contributed by atoms with Crippen LogP contribution in [0.25, 0.3) is 21.3 Å². The van der Waals surface area contributed by atoms with Crippen molar-refractivity contribution in [1.29, 1.82) is 0 Å². The highest BCUT2D eigenvalue weighted by Gasteiger charge is 2.18. The van der Waals surface area contributed by atoms with Crippen LogP contribution in [0.5, 0.6) is 11.5 Å². The maximum atomic E-state index is 5.61. The lowest BCUT2D eigenvalue weighted by Gasteiger charge is -2.11. The minimum absolute atomic E-state index is 0.542. The van der Waals surface area contributed by atoms with Crippen LogP contribution in [0, 0.1) is 6.92 Å². The Morgan fingerprint density at radius 3 is 2.67 bits per heavy atom. The van der Waals surface area contributed by atoms with Gasteiger partial charge in [-0.25, -0.2) is 9.97 Å². The highest BCUT2D eigenvalue weighted by atomic mass is 32.1. The predicted octanol–water partition coefficient (Wildman–Crippen LogP) is 3.05. The van der Waals surface area contributed by atoms with Crippen molar-refractivity contribution in [3.63, 3.8) is 0 Å². The average Bonchev–Trinajstić information content (AvgIpc) is 2.95. The number of aryl methyl sites for hydroxylation is 1. The van der Waals surface area contributed by atoms with Crippen molar-refractivity contribution in [2.45, 2.75) is 6.92 Å². The smallest absolute Gasteiger partial charge is 0.161 e. The summed E-state index contributed by atoms with van der Waals surface area (Å²) >= 11 is 1.65. The molecule has 3 rings (SSSR count). The Bertz CT molecular complexity index is 863. The number of fused-ring (bicyclic) bond motifs is 1. The van der Waals surface area contributed by atoms with E-state index in [0.29, 0.717) is 24.6 Å². The first-order chi connectivity index (χ1) is 11.7. The number of nitrogens with two attached hydrogens (primary N) is 1. The van der Waals surface area contributed by atoms with Crippen molar-refractivity contribution >= 4 is 27.4 Å². The van der Waals surface area contributed by atoms with Crippen molar-refractivity contribution in [3.05, 3.63) is 29.4 Å². The third-order valence-corrected chi connectivity index (χ3v) is 4.79. The molecule has 0 aliphatic rings. The van der Waals surface area contributed by atoms with Gasteiger partial charge >= 0.3 is 0 Å². The topological polar surface area (TPSA) is 82.3 Å². The molecule has 6 nitrogen and oxygen atoms in total. The van der Waals surface area contributed by atoms with E-state index < -0.39 is 0 Å². The van der Waals surface area contributed by atoms with E-state index >= 15 is 0 Å². The molecule has 0 spiro atoms. The summed E-state index contributed by atoms with van der Waals surface area (Å²) < 4.78 is 10.8. The van der Waals surface area contributed by atoms with Gasteiger partial charge in [0.1, 0.15) is 17.0 Å². The average molecular weight is 344 g/mol. The van der Waals surface area contributed by atoms with Crippen LogP contribution in [0.1, 0.15) is 4.88 Å². The zero-order valence-corrected chi connectivity index (χ0v) is 14.7. The summed E-state index contributed by atoms with van der Waals surface area (Å²) in [5, 5.41) is 4.30. The Balaban J connectivity index is 2.20. The second-order valence-electron chi connectivity index (χ2n) is 5.22. The molecular weight excluding hydrogens is 324 g/mol. The molecule has 24 heavy (non-hydrogen) atoms. The molecule has 3 N–H and O–H groups in total. The van der Waals surface area contributed by atoms with Gasteiger partial charge in [0.15, 0.2) is 11.5 Å². The van der Waals surface area contributed by atoms with Crippen molar-refractivity contribution in [2.24, 2.45) is 5.73 Å². The van der Waals surface area contributed by atoms with Gasteiger partial charge < -0.3 is 20.5 Å². The number of methoxy groups -OCH3 is 2. The number of nitrogens with zero attached hydrogens (tertiary/aromatic N) is 2. The highest BCUT2D eigenvalue weighted by molar-refractivity contribution is 7.19. The van der Waals surface area contributed by atoms with Crippen LogP contribution in [0.15, 0.2) is 24.5 Å². The van der Waals surface area contributed by atoms with E-state index in [4.69, 9.17) is 15.2 Å². The van der Waals surface area contributed by atoms with E-state index in [1.807, 2.05) is 18.2 Å². The first-order valence-electron chi connectivity index (χ1n) is 7.60. The fourth-order valence-corrected chi connectivity index (χ4v) is 3.72. The normalized spacial score (nSPS) is 10.8. The molecule has 0 aliphatic heterocycles. The van der Waals surface area contributed by atoms with Crippen molar-refractivity contribution in [2.75, 3.05) is 32.6 Å². The molecule has 126 valence electrons. The second kappa shape index (κ2) is 7.02. The van der Waals surface area contributed by atoms with Gasteiger partial charge in [-0.1, -0.05) is 6.07 Å². The standard InChI is InChI=1S/C17H20N4O2S/c1-10-14(11-4-5-12(22-2)13(8-11)23-3)15-16(19-7-6-18)20-9-21-17(15)24-10/h4-5,8-9H,6-7,18H2,1-3H3,(H,19,20,21). The van der Waals surface area contributed by atoms with Crippen LogP contribution >= 0.6 is 11.3 Å². The molecule has 2 heterocycles. The summed E-state index contributed by atoms with van der Waals surface area (Å²) in [7, 11) is 3.27. The molecule has 0 fully saturated rings. The molecule has 0 saturated carbocycles. The van der Waals surface area contributed by atoms with Gasteiger partial charge in [-0.15, -0.1) is 11.3 Å². The molecule has 0 atom stereocenters. The molecule has 0 saturated heterocycles. The number of ether oxygens (including phenoxy) is 2. The Morgan fingerprint density at radius 1 is 1.17 bits per heavy atom. The highest BCUT2D eigenvalue weighted by Crippen LogP contribution is 2.42. The molecule has 1 aromatic carbocycles. The van der Waals surface area contributed by atoms with Gasteiger partial charge in [0.05, 0.1) is 19.6 Å². The van der Waals surface area contributed by atoms with E-state index in [-0.39, 0.29) is 0 Å². The van der Waals surface area contributed by atoms with E-state index in [1.54, 1.807) is 31.9 Å². The minimum atomic E-state index is 0.542. The van der Waals surface area contributed by atoms with Gasteiger partial charge in [-0.2, -0.15) is 0 Å². The number of hydrogen-bond acceptors (Lipinski definition) is 7. The zero-order valence-electron chi connectivity index (χ0n) is 13.9. The molecule has 0 amide bonds. The van der Waals surface area contributed by atoms with E-state index in [9.17, 15) is 0 Å². The number of anilines is 1. The number of rotatable bonds is 6. The quantitative estimate of drug-likeness (QED) is 0.715. The Kier molecular flexibility index (Phi) is 4.82. The van der Waals surface area contributed by atoms with Crippen LogP contribution in [-0.2, 0) is 0 Å². The van der Waals surface area contributed by atoms with Crippen molar-refractivity contribution < 1.29 is 9.47 Å². The number of thiophene rings is 1. The molecule has 0 unspecified atom stereocenters. The number of nitrogens with one attached hydrogen (secondary N) is 1. The molecule has 0 radical (unpaired) electrons. The van der Waals surface area contributed by atoms with Crippen LogP contribution in [0.3, 0.4) is 0 Å². The summed E-state index contributed by atoms with van der Waals surface area (Å²) in [6, 6.07) is 5.91. The van der Waals surface area contributed by atoms with Crippen molar-refractivity contribution in [3.8, 4) is 22.6 Å². The number of aromatic nitrogens is 2. The Hall–Kier alpha value is -2.38. The predicted molar refractivity (Wildman–Crippen MR) is 98.2 cm³/mol. The fourth-order valence-electron chi connectivity index (χ4n) is 2.71. The molecule has 7 heteroatoms. The maximum Gasteiger partial charge on any atom is 0.161 e. The van der Waals surface area contributed by atoms with Crippen LogP contribution in [0.4, 0.5) is 5.82 Å². The maximum absolute atomic E-state index is 5.61. The van der Waals surface area contributed by atoms with Gasteiger partial charge in [0, 0.05) is 23.5 Å². The first kappa shape index (κ1) is 16.5. The largest absolute Gasteiger partial charge is 0.493 e. The third-order valence-electron chi connectivity index (χ3n) is 3.77. The van der Waals surface area contributed by atoms with E-state index in [0.717, 1.165) is 27.2 Å². The first-order valence-corrected chi connectivity index (χ1v) is 8.41. The third kappa shape index (κ3) is 2.88. The van der Waals surface area contributed by atoms with Gasteiger partial charge in [-0.3, -0.25) is 0 Å². The second-order valence-corrected chi connectivity index (χ2v) is 6.42. The lowest BCUT2D eigenvalue weighted by Crippen LogP contribution is -2.14. The monoisotopic (exact) mass is 344 g/mol. The zero-order chi connectivity index (χ0) is 17.1. The molecule has 3 aromatic rings. The Morgan fingerprint density at radius 2 is 1.96 bits per heavy atom. The van der Waals surface area contributed by atoms with Gasteiger partial charge in [-0.05, 0) is 24.6 Å². The molecule has 2 aromatic heterocycles. The number of benzene rings is 1. The molecule has 0 aliphatic carbocycles. The van der Waals surface area contributed by atoms with Gasteiger partial charge in [0.25, 0.3) is 0 Å². The summed E-state index contributed by atoms with van der Waals surface area (Å²) in [5.41, 5.74) is 7.76. The van der Waals surface area contributed by atoms with Crippen LogP contribution in [-0.4, -0.2) is 37.3 Å². The summed E-state index contributed by atoms with van der Waals surface area (Å²) in [4.78, 5) is 10.9. The molecular formula is C17H20N4O2S. The van der Waals surface area contributed by atoms with Crippen molar-refractivity contribution in [1.82, 2.24) is 9.97 Å². The Labute approximate surface area is 144 Å².